The van der Waals surface area contributed by atoms with Crippen molar-refractivity contribution in [3.63, 3.8) is 0 Å². The number of aromatic nitrogens is 4. The molecule has 1 aliphatic heterocycles. The summed E-state index contributed by atoms with van der Waals surface area (Å²) in [5.41, 5.74) is 1.88. The topological polar surface area (TPSA) is 106 Å². The lowest BCUT2D eigenvalue weighted by molar-refractivity contribution is 0.0859. The summed E-state index contributed by atoms with van der Waals surface area (Å²) in [6.45, 7) is 7.30. The zero-order valence-electron chi connectivity index (χ0n) is 18.4. The molecule has 1 saturated heterocycles. The summed E-state index contributed by atoms with van der Waals surface area (Å²) in [6.07, 6.45) is 5.51. The minimum absolute atomic E-state index is 0.317. The maximum absolute atomic E-state index is 9.01. The first-order chi connectivity index (χ1) is 15.1. The lowest BCUT2D eigenvalue weighted by Gasteiger charge is -2.44. The summed E-state index contributed by atoms with van der Waals surface area (Å²) >= 11 is 0. The number of pyridine rings is 2. The number of fused-ring (bicyclic) bond motifs is 1. The Hall–Kier alpha value is -3.18. The van der Waals surface area contributed by atoms with E-state index in [4.69, 9.17) is 10.2 Å². The van der Waals surface area contributed by atoms with Crippen LogP contribution in [-0.2, 0) is 0 Å². The van der Waals surface area contributed by atoms with E-state index in [9.17, 15) is 0 Å². The first kappa shape index (κ1) is 21.1. The molecule has 8 nitrogen and oxygen atoms in total. The molecule has 3 atom stereocenters. The fraction of sp³-hybridized carbons (Fsp3) is 0.478. The average molecular weight is 419 g/mol. The van der Waals surface area contributed by atoms with Crippen molar-refractivity contribution in [3.8, 4) is 6.07 Å². The molecule has 4 rings (SSSR count). The maximum Gasteiger partial charge on any atom is 0.153 e. The van der Waals surface area contributed by atoms with E-state index in [1.54, 1.807) is 6.20 Å². The molecule has 0 aromatic carbocycles. The standard InChI is InChI=1S/C23H30N8/c1-4-18-13-17(12-16(3)31(18)10-6-8-24)26-23-19-7-5-9-25-20(19)14-21(28-23)27-22-11-15(2)29-30-22/h5,7,9,11,14,16-18H,4,6,10,12-13H2,1-3H3,(H3,26,27,28,29,30)/t16-,17?,18?/m1/s1. The largest absolute Gasteiger partial charge is 0.367 e. The van der Waals surface area contributed by atoms with Gasteiger partial charge in [-0.1, -0.05) is 6.92 Å². The Morgan fingerprint density at radius 1 is 1.29 bits per heavy atom. The number of anilines is 3. The number of likely N-dealkylation sites (tertiary alicyclic amines) is 1. The number of hydrogen-bond acceptors (Lipinski definition) is 7. The van der Waals surface area contributed by atoms with Crippen LogP contribution in [0, 0.1) is 18.3 Å². The molecule has 8 heteroatoms. The molecule has 3 aromatic rings. The second-order valence-electron chi connectivity index (χ2n) is 8.36. The van der Waals surface area contributed by atoms with E-state index in [0.717, 1.165) is 54.0 Å². The van der Waals surface area contributed by atoms with Crippen LogP contribution < -0.4 is 10.6 Å². The van der Waals surface area contributed by atoms with Gasteiger partial charge in [0.2, 0.25) is 0 Å². The van der Waals surface area contributed by atoms with E-state index in [1.807, 2.05) is 25.1 Å². The number of nitrogens with one attached hydrogen (secondary N) is 3. The van der Waals surface area contributed by atoms with Gasteiger partial charge in [0.1, 0.15) is 11.6 Å². The molecule has 0 bridgehead atoms. The van der Waals surface area contributed by atoms with Gasteiger partial charge in [0.15, 0.2) is 5.82 Å². The first-order valence-corrected chi connectivity index (χ1v) is 11.0. The van der Waals surface area contributed by atoms with Gasteiger partial charge in [0.05, 0.1) is 11.6 Å². The van der Waals surface area contributed by atoms with Gasteiger partial charge < -0.3 is 10.6 Å². The third-order valence-electron chi connectivity index (χ3n) is 6.07. The van der Waals surface area contributed by atoms with Gasteiger partial charge in [-0.25, -0.2) is 4.98 Å². The normalized spacial score (nSPS) is 21.7. The Morgan fingerprint density at radius 2 is 2.16 bits per heavy atom. The number of aromatic amines is 1. The van der Waals surface area contributed by atoms with Crippen LogP contribution in [0.1, 0.15) is 45.2 Å². The van der Waals surface area contributed by atoms with Gasteiger partial charge in [-0.05, 0) is 45.2 Å². The molecule has 3 aromatic heterocycles. The van der Waals surface area contributed by atoms with Crippen molar-refractivity contribution >= 4 is 28.4 Å². The first-order valence-electron chi connectivity index (χ1n) is 11.0. The molecular formula is C23H30N8. The molecule has 2 unspecified atom stereocenters. The Labute approximate surface area is 183 Å². The van der Waals surface area contributed by atoms with Crippen molar-refractivity contribution in [2.75, 3.05) is 17.2 Å². The van der Waals surface area contributed by atoms with Crippen LogP contribution in [0.15, 0.2) is 30.5 Å². The zero-order chi connectivity index (χ0) is 21.8. The number of nitrogens with zero attached hydrogens (tertiary/aromatic N) is 5. The molecule has 3 N–H and O–H groups in total. The number of hydrogen-bond donors (Lipinski definition) is 3. The monoisotopic (exact) mass is 418 g/mol. The van der Waals surface area contributed by atoms with Crippen LogP contribution in [0.25, 0.3) is 10.9 Å². The van der Waals surface area contributed by atoms with Gasteiger partial charge in [-0.3, -0.25) is 15.0 Å². The summed E-state index contributed by atoms with van der Waals surface area (Å²) in [7, 11) is 0. The van der Waals surface area contributed by atoms with Gasteiger partial charge in [0, 0.05) is 60.5 Å². The van der Waals surface area contributed by atoms with Gasteiger partial charge in [-0.15, -0.1) is 0 Å². The highest BCUT2D eigenvalue weighted by Gasteiger charge is 2.32. The molecule has 1 fully saturated rings. The molecule has 0 saturated carbocycles. The second kappa shape index (κ2) is 9.31. The Kier molecular flexibility index (Phi) is 6.33. The lowest BCUT2D eigenvalue weighted by atomic mass is 9.90. The number of aryl methyl sites for hydroxylation is 1. The molecule has 0 amide bonds. The van der Waals surface area contributed by atoms with Gasteiger partial charge in [-0.2, -0.15) is 10.4 Å². The molecule has 162 valence electrons. The lowest BCUT2D eigenvalue weighted by Crippen LogP contribution is -2.51. The van der Waals surface area contributed by atoms with Crippen LogP contribution in [0.5, 0.6) is 0 Å². The fourth-order valence-electron chi connectivity index (χ4n) is 4.62. The van der Waals surface area contributed by atoms with Crippen molar-refractivity contribution in [1.82, 2.24) is 25.1 Å². The van der Waals surface area contributed by atoms with Crippen LogP contribution >= 0.6 is 0 Å². The number of H-pyrrole nitrogens is 1. The molecule has 4 heterocycles. The quantitative estimate of drug-likeness (QED) is 0.523. The average Bonchev–Trinajstić information content (AvgIpc) is 3.17. The molecule has 0 spiro atoms. The fourth-order valence-corrected chi connectivity index (χ4v) is 4.62. The number of nitriles is 1. The molecule has 1 aliphatic rings. The van der Waals surface area contributed by atoms with Crippen molar-refractivity contribution in [1.29, 1.82) is 5.26 Å². The van der Waals surface area contributed by atoms with E-state index in [0.29, 0.717) is 30.4 Å². The predicted molar refractivity (Wildman–Crippen MR) is 123 cm³/mol. The number of piperidine rings is 1. The van der Waals surface area contributed by atoms with Crippen LogP contribution in [0.2, 0.25) is 0 Å². The predicted octanol–water partition coefficient (Wildman–Crippen LogP) is 4.36. The maximum atomic E-state index is 9.01. The number of rotatable bonds is 7. The van der Waals surface area contributed by atoms with E-state index in [-0.39, 0.29) is 0 Å². The molecule has 0 aliphatic carbocycles. The molecule has 31 heavy (non-hydrogen) atoms. The summed E-state index contributed by atoms with van der Waals surface area (Å²) in [4.78, 5) is 11.9. The SMILES string of the molecule is CCC1CC(Nc2nc(Nc3cc(C)[nH]n3)cc3ncccc23)C[C@@H](C)N1CCC#N. The minimum Gasteiger partial charge on any atom is -0.367 e. The highest BCUT2D eigenvalue weighted by Crippen LogP contribution is 2.30. The van der Waals surface area contributed by atoms with Crippen LogP contribution in [-0.4, -0.2) is 49.7 Å². The highest BCUT2D eigenvalue weighted by molar-refractivity contribution is 5.91. The smallest absolute Gasteiger partial charge is 0.153 e. The Balaban J connectivity index is 1.58. The summed E-state index contributed by atoms with van der Waals surface area (Å²) in [5, 5.41) is 24.2. The van der Waals surface area contributed by atoms with Crippen molar-refractivity contribution < 1.29 is 0 Å². The summed E-state index contributed by atoms with van der Waals surface area (Å²) in [5.74, 6) is 2.29. The van der Waals surface area contributed by atoms with Gasteiger partial charge in [0.25, 0.3) is 0 Å². The van der Waals surface area contributed by atoms with E-state index in [2.05, 4.69) is 56.7 Å². The zero-order valence-corrected chi connectivity index (χ0v) is 18.4. The van der Waals surface area contributed by atoms with Crippen molar-refractivity contribution in [2.24, 2.45) is 0 Å². The summed E-state index contributed by atoms with van der Waals surface area (Å²) < 4.78 is 0. The van der Waals surface area contributed by atoms with E-state index in [1.165, 1.54) is 0 Å². The van der Waals surface area contributed by atoms with Crippen LogP contribution in [0.4, 0.5) is 17.5 Å². The third-order valence-corrected chi connectivity index (χ3v) is 6.07. The van der Waals surface area contributed by atoms with Crippen LogP contribution in [0.3, 0.4) is 0 Å². The minimum atomic E-state index is 0.317. The molecule has 0 radical (unpaired) electrons. The van der Waals surface area contributed by atoms with Crippen molar-refractivity contribution in [2.45, 2.75) is 64.6 Å². The Bertz CT molecular complexity index is 1070. The van der Waals surface area contributed by atoms with E-state index >= 15 is 0 Å². The highest BCUT2D eigenvalue weighted by atomic mass is 15.2. The third kappa shape index (κ3) is 4.78. The Morgan fingerprint density at radius 3 is 2.90 bits per heavy atom. The van der Waals surface area contributed by atoms with Crippen molar-refractivity contribution in [3.05, 3.63) is 36.2 Å². The molecular weight excluding hydrogens is 388 g/mol. The second-order valence-corrected chi connectivity index (χ2v) is 8.36. The summed E-state index contributed by atoms with van der Waals surface area (Å²) in [6, 6.07) is 11.4. The van der Waals surface area contributed by atoms with E-state index < -0.39 is 0 Å². The van der Waals surface area contributed by atoms with Gasteiger partial charge >= 0.3 is 0 Å².